The second kappa shape index (κ2) is 6.67. The molecule has 1 saturated heterocycles. The van der Waals surface area contributed by atoms with Crippen LogP contribution in [-0.4, -0.2) is 23.7 Å². The molecule has 0 saturated carbocycles. The Hall–Kier alpha value is -2.79. The number of benzene rings is 2. The summed E-state index contributed by atoms with van der Waals surface area (Å²) in [7, 11) is 0. The maximum Gasteiger partial charge on any atom is 0.141 e. The molecule has 5 rings (SSSR count). The predicted molar refractivity (Wildman–Crippen MR) is 105 cm³/mol. The van der Waals surface area contributed by atoms with Gasteiger partial charge in [-0.1, -0.05) is 41.6 Å². The smallest absolute Gasteiger partial charge is 0.141 e. The van der Waals surface area contributed by atoms with E-state index in [0.717, 1.165) is 53.6 Å². The molecule has 1 N–H and O–H groups in total. The zero-order valence-corrected chi connectivity index (χ0v) is 15.4. The molecule has 142 valence electrons. The SMILES string of the molecule is O/N=C1/C2=C(CCC(Cc3cccc(F)c3)C/C=N\2)C2(CO2)c2ccccc21. The lowest BCUT2D eigenvalue weighted by Crippen LogP contribution is -2.28. The number of ether oxygens (including phenoxy) is 1. The average Bonchev–Trinajstić information content (AvgIpc) is 3.47. The van der Waals surface area contributed by atoms with Crippen LogP contribution in [0.2, 0.25) is 0 Å². The molecule has 2 unspecified atom stereocenters. The highest BCUT2D eigenvalue weighted by molar-refractivity contribution is 6.16. The first kappa shape index (κ1) is 17.3. The largest absolute Gasteiger partial charge is 0.410 e. The Morgan fingerprint density at radius 3 is 2.86 bits per heavy atom. The summed E-state index contributed by atoms with van der Waals surface area (Å²) in [6.07, 6.45) is 5.31. The third-order valence-corrected chi connectivity index (χ3v) is 6.02. The number of epoxide rings is 1. The van der Waals surface area contributed by atoms with Gasteiger partial charge in [-0.05, 0) is 60.4 Å². The summed E-state index contributed by atoms with van der Waals surface area (Å²) in [4.78, 5) is 4.71. The van der Waals surface area contributed by atoms with Crippen molar-refractivity contribution in [2.75, 3.05) is 6.61 Å². The van der Waals surface area contributed by atoms with Crippen molar-refractivity contribution in [3.63, 3.8) is 0 Å². The van der Waals surface area contributed by atoms with Crippen LogP contribution in [0.5, 0.6) is 0 Å². The molecule has 2 atom stereocenters. The van der Waals surface area contributed by atoms with E-state index < -0.39 is 5.60 Å². The van der Waals surface area contributed by atoms with Crippen molar-refractivity contribution in [1.29, 1.82) is 0 Å². The monoisotopic (exact) mass is 376 g/mol. The Bertz CT molecular complexity index is 1020. The van der Waals surface area contributed by atoms with E-state index in [1.807, 2.05) is 36.5 Å². The van der Waals surface area contributed by atoms with Crippen molar-refractivity contribution in [2.45, 2.75) is 31.3 Å². The summed E-state index contributed by atoms with van der Waals surface area (Å²) in [5.74, 6) is 0.183. The lowest BCUT2D eigenvalue weighted by Gasteiger charge is -2.30. The maximum atomic E-state index is 13.5. The van der Waals surface area contributed by atoms with Crippen LogP contribution in [0.25, 0.3) is 0 Å². The molecular weight excluding hydrogens is 355 g/mol. The van der Waals surface area contributed by atoms with Crippen LogP contribution in [0.15, 0.2) is 69.9 Å². The second-order valence-corrected chi connectivity index (χ2v) is 7.72. The van der Waals surface area contributed by atoms with E-state index in [1.165, 1.54) is 6.07 Å². The molecule has 4 nitrogen and oxygen atoms in total. The number of halogens is 1. The Kier molecular flexibility index (Phi) is 4.13. The highest BCUT2D eigenvalue weighted by atomic mass is 19.1. The fraction of sp³-hybridized carbons (Fsp3) is 0.304. The minimum Gasteiger partial charge on any atom is -0.410 e. The number of aliphatic imine (C=N–C) groups is 1. The minimum atomic E-state index is -0.432. The molecule has 2 aromatic carbocycles. The van der Waals surface area contributed by atoms with E-state index >= 15 is 0 Å². The molecule has 0 bridgehead atoms. The fourth-order valence-corrected chi connectivity index (χ4v) is 4.57. The van der Waals surface area contributed by atoms with Gasteiger partial charge in [0.15, 0.2) is 0 Å². The van der Waals surface area contributed by atoms with Gasteiger partial charge < -0.3 is 9.94 Å². The van der Waals surface area contributed by atoms with Crippen molar-refractivity contribution < 1.29 is 14.3 Å². The number of allylic oxidation sites excluding steroid dienone is 1. The van der Waals surface area contributed by atoms with E-state index in [2.05, 4.69) is 5.16 Å². The number of hydrogen-bond acceptors (Lipinski definition) is 4. The molecular formula is C23H21FN2O2. The van der Waals surface area contributed by atoms with Crippen LogP contribution in [0, 0.1) is 11.7 Å². The van der Waals surface area contributed by atoms with Crippen molar-refractivity contribution >= 4 is 11.9 Å². The molecule has 2 aromatic rings. The molecule has 2 heterocycles. The highest BCUT2D eigenvalue weighted by Crippen LogP contribution is 2.53. The number of fused-ring (bicyclic) bond motifs is 3. The van der Waals surface area contributed by atoms with Crippen LogP contribution >= 0.6 is 0 Å². The second-order valence-electron chi connectivity index (χ2n) is 7.72. The molecule has 3 aliphatic rings. The summed E-state index contributed by atoms with van der Waals surface area (Å²) < 4.78 is 19.5. The quantitative estimate of drug-likeness (QED) is 0.473. The van der Waals surface area contributed by atoms with Crippen LogP contribution in [0.1, 0.15) is 36.0 Å². The zero-order valence-electron chi connectivity index (χ0n) is 15.4. The molecule has 0 amide bonds. The van der Waals surface area contributed by atoms with Crippen LogP contribution in [0.3, 0.4) is 0 Å². The summed E-state index contributed by atoms with van der Waals surface area (Å²) in [6.45, 7) is 0.631. The lowest BCUT2D eigenvalue weighted by atomic mass is 9.76. The molecule has 2 aliphatic heterocycles. The first-order valence-electron chi connectivity index (χ1n) is 9.68. The minimum absolute atomic E-state index is 0.194. The summed E-state index contributed by atoms with van der Waals surface area (Å²) in [6, 6.07) is 14.8. The standard InChI is InChI=1S/C23H21FN2O2/c24-17-5-3-4-16(13-17)12-15-8-9-20-22(25-11-10-15)21(26-27)18-6-1-2-7-19(18)23(20)14-28-23/h1-7,11,13,15,27H,8-10,12,14H2/b25-11-,26-21+. The van der Waals surface area contributed by atoms with Gasteiger partial charge in [-0.2, -0.15) is 0 Å². The van der Waals surface area contributed by atoms with Crippen LogP contribution in [0.4, 0.5) is 4.39 Å². The topological polar surface area (TPSA) is 57.5 Å². The Balaban J connectivity index is 1.47. The van der Waals surface area contributed by atoms with Gasteiger partial charge in [0.2, 0.25) is 0 Å². The summed E-state index contributed by atoms with van der Waals surface area (Å²) in [5, 5.41) is 13.3. The molecule has 1 aliphatic carbocycles. The highest BCUT2D eigenvalue weighted by Gasteiger charge is 2.55. The van der Waals surface area contributed by atoms with Gasteiger partial charge >= 0.3 is 0 Å². The van der Waals surface area contributed by atoms with E-state index in [1.54, 1.807) is 12.1 Å². The summed E-state index contributed by atoms with van der Waals surface area (Å²) >= 11 is 0. The van der Waals surface area contributed by atoms with Gasteiger partial charge in [0, 0.05) is 11.8 Å². The third-order valence-electron chi connectivity index (χ3n) is 6.02. The van der Waals surface area contributed by atoms with Crippen molar-refractivity contribution in [3.8, 4) is 0 Å². The lowest BCUT2D eigenvalue weighted by molar-refractivity contribution is 0.315. The van der Waals surface area contributed by atoms with Gasteiger partial charge in [-0.15, -0.1) is 0 Å². The average molecular weight is 376 g/mol. The zero-order chi connectivity index (χ0) is 19.1. The van der Waals surface area contributed by atoms with Gasteiger partial charge in [-0.25, -0.2) is 4.39 Å². The molecule has 1 fully saturated rings. The Morgan fingerprint density at radius 1 is 1.21 bits per heavy atom. The molecule has 5 heteroatoms. The first-order valence-corrected chi connectivity index (χ1v) is 9.68. The molecule has 28 heavy (non-hydrogen) atoms. The predicted octanol–water partition coefficient (Wildman–Crippen LogP) is 4.61. The van der Waals surface area contributed by atoms with Gasteiger partial charge in [0.25, 0.3) is 0 Å². The normalized spacial score (nSPS) is 28.5. The van der Waals surface area contributed by atoms with Crippen molar-refractivity contribution in [1.82, 2.24) is 0 Å². The summed E-state index contributed by atoms with van der Waals surface area (Å²) in [5.41, 5.74) is 4.87. The first-order chi connectivity index (χ1) is 13.7. The molecule has 0 radical (unpaired) electrons. The van der Waals surface area contributed by atoms with Gasteiger partial charge in [0.1, 0.15) is 17.1 Å². The molecule has 1 spiro atoms. The van der Waals surface area contributed by atoms with Crippen LogP contribution < -0.4 is 0 Å². The van der Waals surface area contributed by atoms with Gasteiger partial charge in [0.05, 0.1) is 12.3 Å². The van der Waals surface area contributed by atoms with E-state index in [9.17, 15) is 9.60 Å². The van der Waals surface area contributed by atoms with E-state index in [-0.39, 0.29) is 5.82 Å². The number of rotatable bonds is 2. The Morgan fingerprint density at radius 2 is 2.07 bits per heavy atom. The van der Waals surface area contributed by atoms with Crippen LogP contribution in [-0.2, 0) is 16.8 Å². The number of hydrogen-bond donors (Lipinski definition) is 1. The van der Waals surface area contributed by atoms with E-state index in [4.69, 9.17) is 9.73 Å². The van der Waals surface area contributed by atoms with E-state index in [0.29, 0.717) is 18.2 Å². The number of oxime groups is 1. The van der Waals surface area contributed by atoms with Gasteiger partial charge in [-0.3, -0.25) is 4.99 Å². The molecule has 0 aromatic heterocycles. The fourth-order valence-electron chi connectivity index (χ4n) is 4.57. The Labute approximate surface area is 163 Å². The van der Waals surface area contributed by atoms with Crippen molar-refractivity contribution in [3.05, 3.63) is 82.3 Å². The van der Waals surface area contributed by atoms with Crippen molar-refractivity contribution in [2.24, 2.45) is 16.1 Å². The third kappa shape index (κ3) is 2.78. The number of nitrogens with zero attached hydrogens (tertiary/aromatic N) is 2. The maximum absolute atomic E-state index is 13.5.